The number of rotatable bonds is 7. The van der Waals surface area contributed by atoms with E-state index in [1.807, 2.05) is 36.4 Å². The van der Waals surface area contributed by atoms with Crippen molar-refractivity contribution >= 4 is 24.1 Å². The Hall–Kier alpha value is -2.26. The smallest absolute Gasteiger partial charge is 0.162 e. The van der Waals surface area contributed by atoms with Crippen molar-refractivity contribution in [1.82, 2.24) is 0 Å². The monoisotopic (exact) mass is 363 g/mol. The molecule has 2 atom stereocenters. The molecule has 2 aromatic carbocycles. The largest absolute Gasteiger partial charge is 0.378 e. The molecule has 2 nitrogen and oxygen atoms in total. The van der Waals surface area contributed by atoms with Crippen LogP contribution in [0, 0.1) is 0 Å². The molecule has 0 spiro atoms. The summed E-state index contributed by atoms with van der Waals surface area (Å²) < 4.78 is 0. The highest BCUT2D eigenvalue weighted by Gasteiger charge is 2.24. The van der Waals surface area contributed by atoms with Gasteiger partial charge in [0.25, 0.3) is 0 Å². The molecule has 0 saturated heterocycles. The van der Waals surface area contributed by atoms with E-state index in [0.717, 1.165) is 29.0 Å². The molecule has 2 aromatic rings. The second kappa shape index (κ2) is 8.91. The number of nitrogens with one attached hydrogen (secondary N) is 1. The molecule has 0 saturated carbocycles. The topological polar surface area (TPSA) is 29.1 Å². The Bertz CT molecular complexity index is 793. The predicted octanol–water partition coefficient (Wildman–Crippen LogP) is 5.80. The highest BCUT2D eigenvalue weighted by Crippen LogP contribution is 2.31. The number of carbonyl (C=O) groups is 1. The Labute approximate surface area is 161 Å². The van der Waals surface area contributed by atoms with Crippen LogP contribution in [0.25, 0.3) is 0 Å². The van der Waals surface area contributed by atoms with Gasteiger partial charge in [0.2, 0.25) is 0 Å². The van der Waals surface area contributed by atoms with Crippen molar-refractivity contribution in [2.75, 3.05) is 5.32 Å². The summed E-state index contributed by atoms with van der Waals surface area (Å²) in [5.74, 6) is 0.340. The number of anilines is 1. The van der Waals surface area contributed by atoms with Crippen molar-refractivity contribution in [2.45, 2.75) is 43.0 Å². The summed E-state index contributed by atoms with van der Waals surface area (Å²) in [6.45, 7) is 2.11. The molecule has 0 heterocycles. The Balaban J connectivity index is 1.87. The Morgan fingerprint density at radius 3 is 2.50 bits per heavy atom. The average Bonchev–Trinajstić information content (AvgIpc) is 2.68. The molecule has 3 heteroatoms. The van der Waals surface area contributed by atoms with E-state index in [-0.39, 0.29) is 17.7 Å². The minimum absolute atomic E-state index is 0.103. The van der Waals surface area contributed by atoms with E-state index in [2.05, 4.69) is 61.3 Å². The SMILES string of the molecule is CCCCC(=O)C1=CC(c2ccc(S)cc2)C(Nc2ccccc2)C=C1. The Morgan fingerprint density at radius 1 is 1.08 bits per heavy atom. The van der Waals surface area contributed by atoms with Crippen molar-refractivity contribution < 1.29 is 4.79 Å². The van der Waals surface area contributed by atoms with Gasteiger partial charge in [-0.1, -0.05) is 61.9 Å². The quantitative estimate of drug-likeness (QED) is 0.609. The number of Topliss-reactive ketones (excluding diaryl/α,β-unsaturated/α-hetero) is 1. The second-order valence-electron chi connectivity index (χ2n) is 6.66. The maximum atomic E-state index is 12.5. The van der Waals surface area contributed by atoms with Crippen LogP contribution in [0.1, 0.15) is 37.7 Å². The summed E-state index contributed by atoms with van der Waals surface area (Å²) >= 11 is 4.39. The molecule has 1 N–H and O–H groups in total. The van der Waals surface area contributed by atoms with Gasteiger partial charge in [0.05, 0.1) is 6.04 Å². The molecule has 0 fully saturated rings. The normalized spacial score (nSPS) is 19.1. The lowest BCUT2D eigenvalue weighted by atomic mass is 9.84. The molecule has 0 amide bonds. The summed E-state index contributed by atoms with van der Waals surface area (Å²) in [5, 5.41) is 3.58. The summed E-state index contributed by atoms with van der Waals surface area (Å²) in [6.07, 6.45) is 8.80. The fraction of sp³-hybridized carbons (Fsp3) is 0.261. The minimum atomic E-state index is 0.103. The van der Waals surface area contributed by atoms with E-state index in [0.29, 0.717) is 6.42 Å². The number of hydrogen-bond donors (Lipinski definition) is 2. The zero-order valence-corrected chi connectivity index (χ0v) is 16.0. The fourth-order valence-corrected chi connectivity index (χ4v) is 3.36. The third kappa shape index (κ3) is 4.67. The lowest BCUT2D eigenvalue weighted by molar-refractivity contribution is -0.115. The number of ketones is 1. The van der Waals surface area contributed by atoms with Gasteiger partial charge in [0.1, 0.15) is 0 Å². The fourth-order valence-electron chi connectivity index (χ4n) is 3.21. The molecule has 1 aliphatic rings. The van der Waals surface area contributed by atoms with Crippen molar-refractivity contribution in [3.63, 3.8) is 0 Å². The van der Waals surface area contributed by atoms with Crippen LogP contribution in [0.3, 0.4) is 0 Å². The molecular weight excluding hydrogens is 338 g/mol. The Kier molecular flexibility index (Phi) is 6.35. The molecule has 0 aliphatic heterocycles. The van der Waals surface area contributed by atoms with E-state index >= 15 is 0 Å². The van der Waals surface area contributed by atoms with Crippen LogP contribution in [0.15, 0.2) is 83.3 Å². The Morgan fingerprint density at radius 2 is 1.81 bits per heavy atom. The number of carbonyl (C=O) groups excluding carboxylic acids is 1. The minimum Gasteiger partial charge on any atom is -0.378 e. The van der Waals surface area contributed by atoms with Gasteiger partial charge in [0.15, 0.2) is 5.78 Å². The number of hydrogen-bond acceptors (Lipinski definition) is 3. The second-order valence-corrected chi connectivity index (χ2v) is 7.18. The predicted molar refractivity (Wildman–Crippen MR) is 112 cm³/mol. The van der Waals surface area contributed by atoms with E-state index in [1.165, 1.54) is 5.56 Å². The highest BCUT2D eigenvalue weighted by atomic mass is 32.1. The van der Waals surface area contributed by atoms with E-state index in [1.54, 1.807) is 0 Å². The number of para-hydroxylation sites is 1. The van der Waals surface area contributed by atoms with Gasteiger partial charge in [-0.15, -0.1) is 12.6 Å². The van der Waals surface area contributed by atoms with Crippen molar-refractivity contribution in [3.05, 3.63) is 84.0 Å². The van der Waals surface area contributed by atoms with Crippen LogP contribution in [0.5, 0.6) is 0 Å². The third-order valence-corrected chi connectivity index (χ3v) is 4.99. The summed E-state index contributed by atoms with van der Waals surface area (Å²) in [4.78, 5) is 13.4. The molecule has 0 bridgehead atoms. The van der Waals surface area contributed by atoms with Crippen LogP contribution < -0.4 is 5.32 Å². The number of allylic oxidation sites excluding steroid dienone is 2. The molecule has 134 valence electrons. The van der Waals surface area contributed by atoms with E-state index in [4.69, 9.17) is 0 Å². The highest BCUT2D eigenvalue weighted by molar-refractivity contribution is 7.80. The molecule has 3 rings (SSSR count). The van der Waals surface area contributed by atoms with Crippen molar-refractivity contribution in [1.29, 1.82) is 0 Å². The molecule has 0 aromatic heterocycles. The zero-order valence-electron chi connectivity index (χ0n) is 15.1. The zero-order chi connectivity index (χ0) is 18.4. The van der Waals surface area contributed by atoms with Gasteiger partial charge < -0.3 is 5.32 Å². The molecule has 2 unspecified atom stereocenters. The van der Waals surface area contributed by atoms with Gasteiger partial charge >= 0.3 is 0 Å². The lowest BCUT2D eigenvalue weighted by Gasteiger charge is -2.28. The van der Waals surface area contributed by atoms with Gasteiger partial charge in [-0.25, -0.2) is 0 Å². The third-order valence-electron chi connectivity index (χ3n) is 4.69. The first-order valence-corrected chi connectivity index (χ1v) is 9.66. The molecule has 0 radical (unpaired) electrons. The first-order chi connectivity index (χ1) is 12.7. The van der Waals surface area contributed by atoms with Gasteiger partial charge in [-0.3, -0.25) is 4.79 Å². The van der Waals surface area contributed by atoms with Gasteiger partial charge in [0, 0.05) is 28.5 Å². The lowest BCUT2D eigenvalue weighted by Crippen LogP contribution is -2.27. The van der Waals surface area contributed by atoms with Crippen LogP contribution in [-0.4, -0.2) is 11.8 Å². The maximum Gasteiger partial charge on any atom is 0.162 e. The van der Waals surface area contributed by atoms with Crippen molar-refractivity contribution in [2.24, 2.45) is 0 Å². The van der Waals surface area contributed by atoms with Gasteiger partial charge in [-0.05, 0) is 36.2 Å². The van der Waals surface area contributed by atoms with Gasteiger partial charge in [-0.2, -0.15) is 0 Å². The average molecular weight is 364 g/mol. The van der Waals surface area contributed by atoms with Crippen LogP contribution >= 0.6 is 12.6 Å². The number of thiol groups is 1. The molecular formula is C23H25NOS. The van der Waals surface area contributed by atoms with Crippen LogP contribution in [0.4, 0.5) is 5.69 Å². The summed E-state index contributed by atoms with van der Waals surface area (Å²) in [5.41, 5.74) is 3.08. The van der Waals surface area contributed by atoms with Crippen LogP contribution in [-0.2, 0) is 4.79 Å². The summed E-state index contributed by atoms with van der Waals surface area (Å²) in [6, 6.07) is 18.5. The molecule has 26 heavy (non-hydrogen) atoms. The maximum absolute atomic E-state index is 12.5. The molecule has 1 aliphatic carbocycles. The van der Waals surface area contributed by atoms with Crippen LogP contribution in [0.2, 0.25) is 0 Å². The van der Waals surface area contributed by atoms with Crippen molar-refractivity contribution in [3.8, 4) is 0 Å². The first kappa shape index (κ1) is 18.5. The summed E-state index contributed by atoms with van der Waals surface area (Å²) in [7, 11) is 0. The van der Waals surface area contributed by atoms with E-state index in [9.17, 15) is 4.79 Å². The number of benzene rings is 2. The first-order valence-electron chi connectivity index (χ1n) is 9.21. The number of unbranched alkanes of at least 4 members (excludes halogenated alkanes) is 1. The van der Waals surface area contributed by atoms with E-state index < -0.39 is 0 Å². The standard InChI is InChI=1S/C23H25NOS/c1-2-3-9-23(25)18-12-15-22(24-19-7-5-4-6-8-19)21(16-18)17-10-13-20(26)14-11-17/h4-8,10-16,21-22,24,26H,2-3,9H2,1H3.